The van der Waals surface area contributed by atoms with E-state index in [0.717, 1.165) is 5.56 Å². The topological polar surface area (TPSA) is 137 Å². The predicted octanol–water partition coefficient (Wildman–Crippen LogP) is 3.10. The molecular weight excluding hydrogens is 440 g/mol. The van der Waals surface area contributed by atoms with Gasteiger partial charge in [-0.2, -0.15) is 0 Å². The Labute approximate surface area is 194 Å². The van der Waals surface area contributed by atoms with Gasteiger partial charge in [0.15, 0.2) is 19.8 Å². The number of nitrogens with one attached hydrogen (secondary N) is 2. The summed E-state index contributed by atoms with van der Waals surface area (Å²) >= 11 is 0. The van der Waals surface area contributed by atoms with Gasteiger partial charge < -0.3 is 14.7 Å². The number of hydrogen-bond donors (Lipinski definition) is 3. The van der Waals surface area contributed by atoms with E-state index < -0.39 is 20.1 Å². The molecule has 0 aliphatic heterocycles. The molecule has 3 rings (SSSR count). The Morgan fingerprint density at radius 2 is 1.79 bits per heavy atom. The van der Waals surface area contributed by atoms with Gasteiger partial charge in [-0.3, -0.25) is 25.2 Å². The second kappa shape index (κ2) is 9.48. The molecule has 0 spiro atoms. The van der Waals surface area contributed by atoms with Gasteiger partial charge in [0.25, 0.3) is 11.8 Å². The average molecular weight is 473 g/mol. The summed E-state index contributed by atoms with van der Waals surface area (Å²) in [5.74, 6) is -1.27. The smallest absolute Gasteiger partial charge is 0.271 e. The molecular formula is C23H32N4O5Si. The number of rotatable bonds is 7. The highest BCUT2D eigenvalue weighted by Gasteiger charge is 2.41. The molecule has 1 fully saturated rings. The number of benzene rings is 1. The van der Waals surface area contributed by atoms with Crippen molar-refractivity contribution >= 4 is 26.0 Å². The summed E-state index contributed by atoms with van der Waals surface area (Å²) < 4.78 is 11.3. The third-order valence-electron chi connectivity index (χ3n) is 6.61. The van der Waals surface area contributed by atoms with Crippen molar-refractivity contribution in [2.24, 2.45) is 11.7 Å². The number of primary amides is 1. The summed E-state index contributed by atoms with van der Waals surface area (Å²) in [5.41, 5.74) is 11.9. The highest BCUT2D eigenvalue weighted by molar-refractivity contribution is 6.74. The first-order chi connectivity index (χ1) is 15.4. The molecule has 1 aliphatic carbocycles. The molecule has 0 saturated heterocycles. The van der Waals surface area contributed by atoms with Gasteiger partial charge in [-0.1, -0.05) is 56.3 Å². The van der Waals surface area contributed by atoms with Crippen LogP contribution < -0.4 is 16.6 Å². The molecule has 9 nitrogen and oxygen atoms in total. The minimum Gasteiger partial charge on any atom is -0.407 e. The van der Waals surface area contributed by atoms with Crippen LogP contribution in [0, 0.1) is 5.92 Å². The Kier molecular flexibility index (Phi) is 7.08. The quantitative estimate of drug-likeness (QED) is 0.418. The molecule has 1 aromatic carbocycles. The molecule has 0 atom stereocenters. The summed E-state index contributed by atoms with van der Waals surface area (Å²) in [7, 11) is -2.06. The first kappa shape index (κ1) is 24.7. The van der Waals surface area contributed by atoms with Crippen LogP contribution in [0.1, 0.15) is 55.6 Å². The molecule has 178 valence electrons. The van der Waals surface area contributed by atoms with E-state index in [2.05, 4.69) is 49.9 Å². The van der Waals surface area contributed by atoms with Crippen molar-refractivity contribution in [1.82, 2.24) is 16.0 Å². The maximum absolute atomic E-state index is 12.5. The van der Waals surface area contributed by atoms with Crippen molar-refractivity contribution in [3.63, 3.8) is 0 Å². The zero-order valence-corrected chi connectivity index (χ0v) is 20.7. The van der Waals surface area contributed by atoms with Crippen molar-refractivity contribution in [3.05, 3.63) is 41.6 Å². The van der Waals surface area contributed by atoms with Crippen molar-refractivity contribution in [2.75, 3.05) is 6.61 Å². The summed E-state index contributed by atoms with van der Waals surface area (Å²) in [6, 6.07) is 9.32. The Balaban J connectivity index is 1.55. The zero-order valence-electron chi connectivity index (χ0n) is 19.7. The maximum Gasteiger partial charge on any atom is 0.271 e. The van der Waals surface area contributed by atoms with Gasteiger partial charge in [-0.25, -0.2) is 0 Å². The molecule has 0 radical (unpaired) electrons. The monoisotopic (exact) mass is 472 g/mol. The fourth-order valence-electron chi connectivity index (χ4n) is 3.45. The van der Waals surface area contributed by atoms with E-state index in [1.807, 2.05) is 30.3 Å². The second-order valence-electron chi connectivity index (χ2n) is 9.96. The molecule has 2 aromatic rings. The standard InChI is InChI=1S/C23H32N4O5Si/c1-23(2,3)33(4,5)31-13-17(28)25-26-22(30)16-11-15(12-16)18-19(21(24)29)27-32-20(18)14-9-7-6-8-10-14/h6-10,15-16H,11-13H2,1-5H3,(H2,24,29)(H,25,28)(H,26,30). The van der Waals surface area contributed by atoms with E-state index in [9.17, 15) is 14.4 Å². The summed E-state index contributed by atoms with van der Waals surface area (Å²) in [6.07, 6.45) is 0.979. The molecule has 10 heteroatoms. The number of hydrogen-bond acceptors (Lipinski definition) is 6. The van der Waals surface area contributed by atoms with Gasteiger partial charge in [-0.15, -0.1) is 0 Å². The van der Waals surface area contributed by atoms with Crippen LogP contribution in [0.25, 0.3) is 11.3 Å². The molecule has 4 N–H and O–H groups in total. The maximum atomic E-state index is 12.5. The number of carbonyl (C=O) groups is 3. The number of amides is 3. The van der Waals surface area contributed by atoms with E-state index in [0.29, 0.717) is 24.2 Å². The van der Waals surface area contributed by atoms with E-state index in [4.69, 9.17) is 14.7 Å². The lowest BCUT2D eigenvalue weighted by atomic mass is 9.70. The molecule has 0 bridgehead atoms. The molecule has 1 saturated carbocycles. The highest BCUT2D eigenvalue weighted by Crippen LogP contribution is 2.46. The first-order valence-corrected chi connectivity index (χ1v) is 13.9. The third-order valence-corrected chi connectivity index (χ3v) is 11.1. The Morgan fingerprint density at radius 3 is 2.36 bits per heavy atom. The third kappa shape index (κ3) is 5.51. The van der Waals surface area contributed by atoms with Crippen molar-refractivity contribution in [2.45, 2.75) is 57.7 Å². The lowest BCUT2D eigenvalue weighted by Gasteiger charge is -2.36. The minimum atomic E-state index is -2.06. The fourth-order valence-corrected chi connectivity index (χ4v) is 4.38. The Hall–Kier alpha value is -2.98. The Morgan fingerprint density at radius 1 is 1.15 bits per heavy atom. The van der Waals surface area contributed by atoms with Crippen molar-refractivity contribution in [1.29, 1.82) is 0 Å². The minimum absolute atomic E-state index is 0.0121. The highest BCUT2D eigenvalue weighted by atomic mass is 28.4. The lowest BCUT2D eigenvalue weighted by Crippen LogP contribution is -2.50. The Bertz CT molecular complexity index is 1020. The predicted molar refractivity (Wildman–Crippen MR) is 125 cm³/mol. The lowest BCUT2D eigenvalue weighted by molar-refractivity contribution is -0.134. The van der Waals surface area contributed by atoms with Crippen LogP contribution in [0.2, 0.25) is 18.1 Å². The molecule has 3 amide bonds. The number of carbonyl (C=O) groups excluding carboxylic acids is 3. The number of nitrogens with two attached hydrogens (primary N) is 1. The number of aromatic nitrogens is 1. The summed E-state index contributed by atoms with van der Waals surface area (Å²) in [5, 5.41) is 3.85. The van der Waals surface area contributed by atoms with Gasteiger partial charge in [-0.05, 0) is 36.9 Å². The SMILES string of the molecule is CC(C)(C)[Si](C)(C)OCC(=O)NNC(=O)C1CC(c2c(C(N)=O)noc2-c2ccccc2)C1. The largest absolute Gasteiger partial charge is 0.407 e. The zero-order chi connectivity index (χ0) is 24.4. The average Bonchev–Trinajstić information content (AvgIpc) is 3.14. The molecule has 1 aliphatic rings. The van der Waals surface area contributed by atoms with E-state index in [-0.39, 0.29) is 35.1 Å². The van der Waals surface area contributed by atoms with E-state index in [1.165, 1.54) is 0 Å². The summed E-state index contributed by atoms with van der Waals surface area (Å²) in [4.78, 5) is 36.5. The van der Waals surface area contributed by atoms with Gasteiger partial charge in [0.2, 0.25) is 5.91 Å². The van der Waals surface area contributed by atoms with E-state index in [1.54, 1.807) is 0 Å². The van der Waals surface area contributed by atoms with E-state index >= 15 is 0 Å². The second-order valence-corrected chi connectivity index (χ2v) is 14.8. The number of hydrazine groups is 1. The van der Waals surface area contributed by atoms with Crippen molar-refractivity contribution in [3.8, 4) is 11.3 Å². The van der Waals surface area contributed by atoms with Gasteiger partial charge in [0.1, 0.15) is 6.61 Å². The number of nitrogens with zero attached hydrogens (tertiary/aromatic N) is 1. The van der Waals surface area contributed by atoms with Crippen LogP contribution in [-0.4, -0.2) is 37.8 Å². The van der Waals surface area contributed by atoms with Gasteiger partial charge >= 0.3 is 0 Å². The van der Waals surface area contributed by atoms with Crippen LogP contribution in [-0.2, 0) is 14.0 Å². The van der Waals surface area contributed by atoms with Crippen LogP contribution in [0.15, 0.2) is 34.9 Å². The molecule has 1 heterocycles. The van der Waals surface area contributed by atoms with Crippen LogP contribution >= 0.6 is 0 Å². The molecule has 1 aromatic heterocycles. The van der Waals surface area contributed by atoms with Gasteiger partial charge in [0.05, 0.1) is 0 Å². The first-order valence-electron chi connectivity index (χ1n) is 11.0. The normalized spacial score (nSPS) is 18.3. The molecule has 0 unspecified atom stereocenters. The molecule has 33 heavy (non-hydrogen) atoms. The van der Waals surface area contributed by atoms with Crippen molar-refractivity contribution < 1.29 is 23.3 Å². The van der Waals surface area contributed by atoms with Crippen LogP contribution in [0.4, 0.5) is 0 Å². The summed E-state index contributed by atoms with van der Waals surface area (Å²) in [6.45, 7) is 10.3. The fraction of sp³-hybridized carbons (Fsp3) is 0.478. The van der Waals surface area contributed by atoms with Crippen LogP contribution in [0.5, 0.6) is 0 Å². The van der Waals surface area contributed by atoms with Gasteiger partial charge in [0, 0.05) is 17.0 Å². The van der Waals surface area contributed by atoms with Crippen LogP contribution in [0.3, 0.4) is 0 Å².